The lowest BCUT2D eigenvalue weighted by Gasteiger charge is -2.15. The monoisotopic (exact) mass is 314 g/mol. The van der Waals surface area contributed by atoms with Gasteiger partial charge in [0.1, 0.15) is 5.52 Å². The summed E-state index contributed by atoms with van der Waals surface area (Å²) in [5, 5.41) is 0. The molecule has 0 radical (unpaired) electrons. The smallest absolute Gasteiger partial charge is 0.199 e. The van der Waals surface area contributed by atoms with Gasteiger partial charge in [0.2, 0.25) is 0 Å². The highest BCUT2D eigenvalue weighted by atomic mass is 19.2. The van der Waals surface area contributed by atoms with Gasteiger partial charge >= 0.3 is 0 Å². The van der Waals surface area contributed by atoms with Crippen molar-refractivity contribution >= 4 is 11.1 Å². The zero-order valence-corrected chi connectivity index (χ0v) is 12.5. The molecule has 1 aliphatic heterocycles. The van der Waals surface area contributed by atoms with Crippen molar-refractivity contribution in [3.8, 4) is 0 Å². The molecule has 3 aromatic rings. The number of hydrogen-bond donors (Lipinski definition) is 0. The number of para-hydroxylation sites is 2. The molecule has 1 saturated heterocycles. The summed E-state index contributed by atoms with van der Waals surface area (Å²) in [4.78, 5) is 6.77. The highest BCUT2D eigenvalue weighted by molar-refractivity contribution is 5.72. The molecule has 4 rings (SSSR count). The zero-order chi connectivity index (χ0) is 15.8. The quantitative estimate of drug-likeness (QED) is 0.729. The van der Waals surface area contributed by atoms with Crippen LogP contribution in [0.1, 0.15) is 23.8 Å². The van der Waals surface area contributed by atoms with E-state index in [1.54, 1.807) is 6.07 Å². The van der Waals surface area contributed by atoms with Crippen LogP contribution in [0.4, 0.5) is 8.78 Å². The number of hydrogen-bond acceptors (Lipinski definition) is 3. The summed E-state index contributed by atoms with van der Waals surface area (Å²) in [6, 6.07) is 11.8. The molecule has 3 nitrogen and oxygen atoms in total. The van der Waals surface area contributed by atoms with Gasteiger partial charge in [-0.25, -0.2) is 13.8 Å². The molecule has 2 heterocycles. The highest BCUT2D eigenvalue weighted by Crippen LogP contribution is 2.30. The van der Waals surface area contributed by atoms with E-state index < -0.39 is 11.6 Å². The minimum atomic E-state index is -0.806. The number of rotatable bonds is 3. The van der Waals surface area contributed by atoms with E-state index in [9.17, 15) is 8.78 Å². The third-order valence-electron chi connectivity index (χ3n) is 4.32. The van der Waals surface area contributed by atoms with Crippen LogP contribution in [0.15, 0.2) is 46.9 Å². The molecule has 5 heteroatoms. The van der Waals surface area contributed by atoms with E-state index >= 15 is 0 Å². The molecule has 1 unspecified atom stereocenters. The van der Waals surface area contributed by atoms with Crippen molar-refractivity contribution in [1.29, 1.82) is 0 Å². The summed E-state index contributed by atoms with van der Waals surface area (Å²) in [5.41, 5.74) is 2.46. The molecule has 118 valence electrons. The predicted octanol–water partition coefficient (Wildman–Crippen LogP) is 4.10. The van der Waals surface area contributed by atoms with E-state index in [2.05, 4.69) is 9.88 Å². The number of benzene rings is 2. The van der Waals surface area contributed by atoms with Crippen molar-refractivity contribution in [2.75, 3.05) is 13.1 Å². The Labute approximate surface area is 132 Å². The Bertz CT molecular complexity index is 813. The molecule has 0 amide bonds. The van der Waals surface area contributed by atoms with Crippen LogP contribution in [-0.4, -0.2) is 23.0 Å². The van der Waals surface area contributed by atoms with Crippen LogP contribution in [0.25, 0.3) is 11.1 Å². The van der Waals surface area contributed by atoms with Gasteiger partial charge in [0.25, 0.3) is 0 Å². The van der Waals surface area contributed by atoms with Crippen LogP contribution in [0.3, 0.4) is 0 Å². The number of nitrogens with zero attached hydrogens (tertiary/aromatic N) is 2. The molecule has 1 atom stereocenters. The van der Waals surface area contributed by atoms with Crippen molar-refractivity contribution in [3.05, 3.63) is 65.6 Å². The van der Waals surface area contributed by atoms with Gasteiger partial charge in [-0.1, -0.05) is 18.2 Å². The number of halogens is 2. The van der Waals surface area contributed by atoms with Gasteiger partial charge in [0.15, 0.2) is 23.1 Å². The highest BCUT2D eigenvalue weighted by Gasteiger charge is 2.27. The molecule has 0 bridgehead atoms. The molecule has 0 aliphatic carbocycles. The average Bonchev–Trinajstić information content (AvgIpc) is 3.17. The van der Waals surface area contributed by atoms with E-state index in [0.717, 1.165) is 42.1 Å². The summed E-state index contributed by atoms with van der Waals surface area (Å²) < 4.78 is 32.1. The maximum absolute atomic E-state index is 13.3. The first kappa shape index (κ1) is 14.3. The van der Waals surface area contributed by atoms with Crippen LogP contribution < -0.4 is 0 Å². The SMILES string of the molecule is Fc1ccc(CN2CCC(c3nc4ccccc4o3)C2)cc1F. The lowest BCUT2D eigenvalue weighted by atomic mass is 10.1. The van der Waals surface area contributed by atoms with Crippen LogP contribution >= 0.6 is 0 Å². The van der Waals surface area contributed by atoms with Crippen molar-refractivity contribution in [3.63, 3.8) is 0 Å². The molecule has 2 aromatic carbocycles. The Morgan fingerprint density at radius 1 is 1.13 bits per heavy atom. The standard InChI is InChI=1S/C18H16F2N2O/c19-14-6-5-12(9-15(14)20)10-22-8-7-13(11-22)18-21-16-3-1-2-4-17(16)23-18/h1-6,9,13H,7-8,10-11H2. The molecule has 23 heavy (non-hydrogen) atoms. The van der Waals surface area contributed by atoms with Gasteiger partial charge in [0, 0.05) is 19.0 Å². The fraction of sp³-hybridized carbons (Fsp3) is 0.278. The molecule has 0 saturated carbocycles. The Kier molecular flexibility index (Phi) is 3.58. The van der Waals surface area contributed by atoms with Crippen LogP contribution in [0.5, 0.6) is 0 Å². The second-order valence-electron chi connectivity index (χ2n) is 5.99. The van der Waals surface area contributed by atoms with E-state index in [4.69, 9.17) is 4.42 Å². The minimum Gasteiger partial charge on any atom is -0.440 e. The first-order valence-corrected chi connectivity index (χ1v) is 7.71. The van der Waals surface area contributed by atoms with Crippen LogP contribution in [0, 0.1) is 11.6 Å². The summed E-state index contributed by atoms with van der Waals surface area (Å²) >= 11 is 0. The molecular formula is C18H16F2N2O. The lowest BCUT2D eigenvalue weighted by Crippen LogP contribution is -2.20. The fourth-order valence-corrected chi connectivity index (χ4v) is 3.14. The molecule has 1 aromatic heterocycles. The van der Waals surface area contributed by atoms with Gasteiger partial charge in [-0.3, -0.25) is 4.90 Å². The first-order chi connectivity index (χ1) is 11.2. The number of oxazole rings is 1. The summed E-state index contributed by atoms with van der Waals surface area (Å²) in [6.45, 7) is 2.31. The first-order valence-electron chi connectivity index (χ1n) is 7.71. The fourth-order valence-electron chi connectivity index (χ4n) is 3.14. The van der Waals surface area contributed by atoms with Crippen LogP contribution in [-0.2, 0) is 6.54 Å². The molecule has 1 fully saturated rings. The largest absolute Gasteiger partial charge is 0.440 e. The topological polar surface area (TPSA) is 29.3 Å². The predicted molar refractivity (Wildman–Crippen MR) is 83.0 cm³/mol. The van der Waals surface area contributed by atoms with E-state index in [-0.39, 0.29) is 5.92 Å². The van der Waals surface area contributed by atoms with E-state index in [1.165, 1.54) is 12.1 Å². The van der Waals surface area contributed by atoms with Gasteiger partial charge in [-0.2, -0.15) is 0 Å². The number of aromatic nitrogens is 1. The van der Waals surface area contributed by atoms with Crippen molar-refractivity contribution < 1.29 is 13.2 Å². The molecule has 0 spiro atoms. The molecule has 0 N–H and O–H groups in total. The van der Waals surface area contributed by atoms with E-state index in [0.29, 0.717) is 6.54 Å². The lowest BCUT2D eigenvalue weighted by molar-refractivity contribution is 0.320. The normalized spacial score (nSPS) is 18.8. The Hall–Kier alpha value is -2.27. The third kappa shape index (κ3) is 2.84. The second kappa shape index (κ2) is 5.74. The molecule has 1 aliphatic rings. The maximum atomic E-state index is 13.3. The zero-order valence-electron chi connectivity index (χ0n) is 12.5. The Morgan fingerprint density at radius 3 is 2.83 bits per heavy atom. The van der Waals surface area contributed by atoms with Crippen molar-refractivity contribution in [2.24, 2.45) is 0 Å². The van der Waals surface area contributed by atoms with Crippen molar-refractivity contribution in [2.45, 2.75) is 18.9 Å². The Balaban J connectivity index is 1.47. The molecular weight excluding hydrogens is 298 g/mol. The number of fused-ring (bicyclic) bond motifs is 1. The second-order valence-corrected chi connectivity index (χ2v) is 5.99. The van der Waals surface area contributed by atoms with E-state index in [1.807, 2.05) is 24.3 Å². The summed E-state index contributed by atoms with van der Waals surface area (Å²) in [5.74, 6) is -0.594. The van der Waals surface area contributed by atoms with Gasteiger partial charge < -0.3 is 4.42 Å². The maximum Gasteiger partial charge on any atom is 0.199 e. The van der Waals surface area contributed by atoms with Gasteiger partial charge in [-0.15, -0.1) is 0 Å². The summed E-state index contributed by atoms with van der Waals surface area (Å²) in [6.07, 6.45) is 0.955. The van der Waals surface area contributed by atoms with Gasteiger partial charge in [0.05, 0.1) is 0 Å². The number of likely N-dealkylation sites (tertiary alicyclic amines) is 1. The Morgan fingerprint density at radius 2 is 2.00 bits per heavy atom. The van der Waals surface area contributed by atoms with Gasteiger partial charge in [-0.05, 0) is 42.8 Å². The third-order valence-corrected chi connectivity index (χ3v) is 4.32. The van der Waals surface area contributed by atoms with Crippen molar-refractivity contribution in [1.82, 2.24) is 9.88 Å². The average molecular weight is 314 g/mol. The van der Waals surface area contributed by atoms with Crippen LogP contribution in [0.2, 0.25) is 0 Å². The minimum absolute atomic E-state index is 0.243. The summed E-state index contributed by atoms with van der Waals surface area (Å²) in [7, 11) is 0.